The second-order valence-corrected chi connectivity index (χ2v) is 4.59. The fraction of sp³-hybridized carbons (Fsp3) is 0.462. The van der Waals surface area contributed by atoms with Gasteiger partial charge in [-0.25, -0.2) is 13.2 Å². The van der Waals surface area contributed by atoms with Crippen LogP contribution < -0.4 is 0 Å². The molecule has 4 heteroatoms. The van der Waals surface area contributed by atoms with Crippen molar-refractivity contribution in [2.45, 2.75) is 37.5 Å². The summed E-state index contributed by atoms with van der Waals surface area (Å²) in [6.45, 7) is 0. The lowest BCUT2D eigenvalue weighted by molar-refractivity contribution is -0.113. The fourth-order valence-electron chi connectivity index (χ4n) is 2.50. The van der Waals surface area contributed by atoms with Crippen molar-refractivity contribution in [3.8, 4) is 0 Å². The third-order valence-electron chi connectivity index (χ3n) is 3.53. The highest BCUT2D eigenvalue weighted by atomic mass is 19.2. The van der Waals surface area contributed by atoms with E-state index in [1.54, 1.807) is 0 Å². The Bertz CT molecular complexity index is 413. The molecule has 0 amide bonds. The molecule has 0 saturated heterocycles. The Balaban J connectivity index is 2.47. The first kappa shape index (κ1) is 12.1. The Labute approximate surface area is 97.6 Å². The quantitative estimate of drug-likeness (QED) is 0.573. The van der Waals surface area contributed by atoms with Crippen molar-refractivity contribution in [1.82, 2.24) is 0 Å². The van der Waals surface area contributed by atoms with E-state index >= 15 is 0 Å². The Morgan fingerprint density at radius 2 is 1.53 bits per heavy atom. The summed E-state index contributed by atoms with van der Waals surface area (Å²) >= 11 is 0. The molecule has 0 unspecified atom stereocenters. The molecule has 1 aliphatic carbocycles. The van der Waals surface area contributed by atoms with Crippen molar-refractivity contribution >= 4 is 6.29 Å². The molecule has 17 heavy (non-hydrogen) atoms. The van der Waals surface area contributed by atoms with Crippen LogP contribution in [0.2, 0.25) is 0 Å². The smallest absolute Gasteiger partial charge is 0.194 e. The second kappa shape index (κ2) is 4.51. The molecule has 1 aromatic rings. The van der Waals surface area contributed by atoms with Crippen LogP contribution in [0.25, 0.3) is 0 Å². The van der Waals surface area contributed by atoms with Crippen LogP contribution in [0.5, 0.6) is 0 Å². The van der Waals surface area contributed by atoms with Gasteiger partial charge in [-0.2, -0.15) is 0 Å². The molecular formula is C13H13F3O. The molecule has 0 spiro atoms. The molecule has 92 valence electrons. The fourth-order valence-corrected chi connectivity index (χ4v) is 2.50. The molecule has 0 bridgehead atoms. The predicted molar refractivity (Wildman–Crippen MR) is 57.1 cm³/mol. The number of rotatable bonds is 2. The Kier molecular flexibility index (Phi) is 3.22. The maximum Gasteiger partial charge on any atom is 0.194 e. The topological polar surface area (TPSA) is 17.1 Å². The van der Waals surface area contributed by atoms with Gasteiger partial charge in [-0.15, -0.1) is 0 Å². The van der Waals surface area contributed by atoms with Crippen LogP contribution in [0.1, 0.15) is 37.7 Å². The first-order valence-electron chi connectivity index (χ1n) is 5.70. The summed E-state index contributed by atoms with van der Waals surface area (Å²) in [5, 5.41) is 0. The van der Waals surface area contributed by atoms with Crippen LogP contribution in [0, 0.1) is 17.5 Å². The molecule has 0 heterocycles. The van der Waals surface area contributed by atoms with Crippen LogP contribution in [-0.2, 0) is 10.2 Å². The monoisotopic (exact) mass is 242 g/mol. The Morgan fingerprint density at radius 1 is 1.00 bits per heavy atom. The van der Waals surface area contributed by atoms with Gasteiger partial charge in [0.1, 0.15) is 6.29 Å². The molecule has 0 aliphatic heterocycles. The lowest BCUT2D eigenvalue weighted by Crippen LogP contribution is -2.31. The second-order valence-electron chi connectivity index (χ2n) is 4.59. The molecule has 0 radical (unpaired) electrons. The molecule has 1 fully saturated rings. The molecule has 2 rings (SSSR count). The maximum absolute atomic E-state index is 13.2. The first-order valence-corrected chi connectivity index (χ1v) is 5.70. The average molecular weight is 242 g/mol. The largest absolute Gasteiger partial charge is 0.302 e. The van der Waals surface area contributed by atoms with Crippen molar-refractivity contribution in [2.75, 3.05) is 0 Å². The van der Waals surface area contributed by atoms with Gasteiger partial charge in [0.05, 0.1) is 5.41 Å². The highest BCUT2D eigenvalue weighted by Crippen LogP contribution is 2.38. The molecule has 1 aliphatic rings. The highest BCUT2D eigenvalue weighted by Gasteiger charge is 2.35. The van der Waals surface area contributed by atoms with Gasteiger partial charge in [-0.1, -0.05) is 19.3 Å². The molecule has 1 aromatic carbocycles. The van der Waals surface area contributed by atoms with Crippen LogP contribution in [0.4, 0.5) is 13.2 Å². The minimum atomic E-state index is -1.48. The summed E-state index contributed by atoms with van der Waals surface area (Å²) in [5.74, 6) is -3.94. The van der Waals surface area contributed by atoms with Gasteiger partial charge >= 0.3 is 0 Å². The summed E-state index contributed by atoms with van der Waals surface area (Å²) in [4.78, 5) is 11.3. The maximum atomic E-state index is 13.2. The number of halogens is 3. The summed E-state index contributed by atoms with van der Waals surface area (Å²) < 4.78 is 39.2. The lowest BCUT2D eigenvalue weighted by Gasteiger charge is -2.32. The van der Waals surface area contributed by atoms with Crippen LogP contribution in [0.15, 0.2) is 12.1 Å². The highest BCUT2D eigenvalue weighted by molar-refractivity contribution is 5.68. The van der Waals surface area contributed by atoms with Gasteiger partial charge < -0.3 is 4.79 Å². The first-order chi connectivity index (χ1) is 8.09. The summed E-state index contributed by atoms with van der Waals surface area (Å²) in [6.07, 6.45) is 4.60. The van der Waals surface area contributed by atoms with E-state index in [-0.39, 0.29) is 5.56 Å². The van der Waals surface area contributed by atoms with Gasteiger partial charge in [0.25, 0.3) is 0 Å². The van der Waals surface area contributed by atoms with E-state index in [1.165, 1.54) is 0 Å². The minimum Gasteiger partial charge on any atom is -0.302 e. The van der Waals surface area contributed by atoms with Crippen molar-refractivity contribution in [3.05, 3.63) is 35.1 Å². The number of aldehydes is 1. The van der Waals surface area contributed by atoms with Gasteiger partial charge in [-0.3, -0.25) is 0 Å². The van der Waals surface area contributed by atoms with E-state index in [4.69, 9.17) is 0 Å². The summed E-state index contributed by atoms with van der Waals surface area (Å²) in [6, 6.07) is 1.89. The van der Waals surface area contributed by atoms with Gasteiger partial charge in [0, 0.05) is 0 Å². The number of benzene rings is 1. The van der Waals surface area contributed by atoms with E-state index in [0.717, 1.165) is 37.7 Å². The van der Waals surface area contributed by atoms with E-state index in [9.17, 15) is 18.0 Å². The van der Waals surface area contributed by atoms with E-state index in [0.29, 0.717) is 12.8 Å². The molecule has 0 atom stereocenters. The minimum absolute atomic E-state index is 0.253. The van der Waals surface area contributed by atoms with E-state index < -0.39 is 22.9 Å². The van der Waals surface area contributed by atoms with Crippen molar-refractivity contribution in [2.24, 2.45) is 0 Å². The number of carbonyl (C=O) groups excluding carboxylic acids is 1. The zero-order valence-corrected chi connectivity index (χ0v) is 9.31. The van der Waals surface area contributed by atoms with E-state index in [2.05, 4.69) is 0 Å². The van der Waals surface area contributed by atoms with Gasteiger partial charge in [0.15, 0.2) is 17.5 Å². The molecule has 0 N–H and O–H groups in total. The van der Waals surface area contributed by atoms with Crippen LogP contribution in [-0.4, -0.2) is 6.29 Å². The van der Waals surface area contributed by atoms with Crippen LogP contribution in [0.3, 0.4) is 0 Å². The molecule has 1 nitrogen and oxygen atoms in total. The summed E-state index contributed by atoms with van der Waals surface area (Å²) in [5.41, 5.74) is -0.586. The zero-order valence-electron chi connectivity index (χ0n) is 9.31. The number of hydrogen-bond acceptors (Lipinski definition) is 1. The van der Waals surface area contributed by atoms with Crippen LogP contribution >= 0.6 is 0 Å². The van der Waals surface area contributed by atoms with Gasteiger partial charge in [0.2, 0.25) is 0 Å². The zero-order chi connectivity index (χ0) is 12.5. The Hall–Kier alpha value is -1.32. The summed E-state index contributed by atoms with van der Waals surface area (Å²) in [7, 11) is 0. The molecule has 1 saturated carbocycles. The number of carbonyl (C=O) groups is 1. The third-order valence-corrected chi connectivity index (χ3v) is 3.53. The lowest BCUT2D eigenvalue weighted by atomic mass is 9.70. The van der Waals surface area contributed by atoms with Crippen molar-refractivity contribution < 1.29 is 18.0 Å². The molecule has 0 aromatic heterocycles. The molecular weight excluding hydrogens is 229 g/mol. The van der Waals surface area contributed by atoms with E-state index in [1.807, 2.05) is 0 Å². The van der Waals surface area contributed by atoms with Crippen molar-refractivity contribution in [1.29, 1.82) is 0 Å². The van der Waals surface area contributed by atoms with Crippen molar-refractivity contribution in [3.63, 3.8) is 0 Å². The number of hydrogen-bond donors (Lipinski definition) is 0. The third kappa shape index (κ3) is 2.08. The predicted octanol–water partition coefficient (Wildman–Crippen LogP) is 3.50. The SMILES string of the molecule is O=CC1(c2cc(F)c(F)c(F)c2)CCCCC1. The average Bonchev–Trinajstić information content (AvgIpc) is 2.36. The van der Waals surface area contributed by atoms with Gasteiger partial charge in [-0.05, 0) is 30.5 Å². The Morgan fingerprint density at radius 3 is 2.00 bits per heavy atom. The standard InChI is InChI=1S/C13H13F3O/c14-10-6-9(7-11(15)12(10)16)13(8-17)4-2-1-3-5-13/h6-8H,1-5H2. The normalized spacial score (nSPS) is 19.0.